The monoisotopic (exact) mass is 417 g/mol. The van der Waals surface area contributed by atoms with Crippen LogP contribution in [0.4, 0.5) is 0 Å². The van der Waals surface area contributed by atoms with E-state index in [4.69, 9.17) is 18.7 Å². The SMILES string of the molecule is COc1ccc(-c2cc(COC(=O)c3ccc(Br)cc3)no2)cc1OC. The number of methoxy groups -OCH3 is 2. The molecule has 0 radical (unpaired) electrons. The van der Waals surface area contributed by atoms with Crippen molar-refractivity contribution < 1.29 is 23.5 Å². The highest BCUT2D eigenvalue weighted by Crippen LogP contribution is 2.32. The Morgan fingerprint density at radius 2 is 1.77 bits per heavy atom. The second-order valence-electron chi connectivity index (χ2n) is 5.34. The van der Waals surface area contributed by atoms with Gasteiger partial charge in [0.05, 0.1) is 19.8 Å². The highest BCUT2D eigenvalue weighted by molar-refractivity contribution is 9.10. The van der Waals surface area contributed by atoms with Crippen LogP contribution >= 0.6 is 15.9 Å². The molecule has 0 aliphatic heterocycles. The molecule has 0 unspecified atom stereocenters. The van der Waals surface area contributed by atoms with E-state index < -0.39 is 5.97 Å². The van der Waals surface area contributed by atoms with Gasteiger partial charge in [0.15, 0.2) is 17.3 Å². The van der Waals surface area contributed by atoms with Crippen LogP contribution in [-0.4, -0.2) is 25.3 Å². The molecule has 0 amide bonds. The lowest BCUT2D eigenvalue weighted by molar-refractivity contribution is 0.0464. The highest BCUT2D eigenvalue weighted by atomic mass is 79.9. The Hall–Kier alpha value is -2.80. The van der Waals surface area contributed by atoms with E-state index >= 15 is 0 Å². The number of nitrogens with zero attached hydrogens (tertiary/aromatic N) is 1. The molecule has 26 heavy (non-hydrogen) atoms. The molecule has 0 atom stereocenters. The summed E-state index contributed by atoms with van der Waals surface area (Å²) in [4.78, 5) is 12.0. The van der Waals surface area contributed by atoms with E-state index in [9.17, 15) is 4.79 Å². The first-order valence-corrected chi connectivity index (χ1v) is 8.50. The Morgan fingerprint density at radius 1 is 1.04 bits per heavy atom. The number of hydrogen-bond acceptors (Lipinski definition) is 6. The first kappa shape index (κ1) is 18.0. The summed E-state index contributed by atoms with van der Waals surface area (Å²) in [5, 5.41) is 3.94. The minimum atomic E-state index is -0.423. The Kier molecular flexibility index (Phi) is 5.58. The lowest BCUT2D eigenvalue weighted by Gasteiger charge is -2.07. The predicted molar refractivity (Wildman–Crippen MR) is 98.3 cm³/mol. The quantitative estimate of drug-likeness (QED) is 0.550. The van der Waals surface area contributed by atoms with E-state index in [1.807, 2.05) is 6.07 Å². The molecule has 134 valence electrons. The summed E-state index contributed by atoms with van der Waals surface area (Å²) in [6, 6.07) is 14.1. The van der Waals surface area contributed by atoms with Crippen LogP contribution in [-0.2, 0) is 11.3 Å². The van der Waals surface area contributed by atoms with Gasteiger partial charge in [0.1, 0.15) is 12.3 Å². The van der Waals surface area contributed by atoms with E-state index in [0.717, 1.165) is 10.0 Å². The van der Waals surface area contributed by atoms with E-state index in [1.165, 1.54) is 0 Å². The van der Waals surface area contributed by atoms with E-state index in [2.05, 4.69) is 21.1 Å². The third-order valence-electron chi connectivity index (χ3n) is 3.66. The van der Waals surface area contributed by atoms with Gasteiger partial charge < -0.3 is 18.7 Å². The number of halogens is 1. The minimum Gasteiger partial charge on any atom is -0.493 e. The Labute approximate surface area is 158 Å². The van der Waals surface area contributed by atoms with Crippen molar-refractivity contribution >= 4 is 21.9 Å². The molecule has 0 saturated carbocycles. The predicted octanol–water partition coefficient (Wildman–Crippen LogP) is 4.48. The first-order valence-electron chi connectivity index (χ1n) is 7.71. The van der Waals surface area contributed by atoms with Crippen molar-refractivity contribution in [2.75, 3.05) is 14.2 Å². The van der Waals surface area contributed by atoms with Gasteiger partial charge in [0.25, 0.3) is 0 Å². The molecule has 0 spiro atoms. The zero-order valence-corrected chi connectivity index (χ0v) is 15.8. The molecular weight excluding hydrogens is 402 g/mol. The van der Waals surface area contributed by atoms with Crippen molar-refractivity contribution in [2.24, 2.45) is 0 Å². The number of aromatic nitrogens is 1. The van der Waals surface area contributed by atoms with Crippen LogP contribution in [0.15, 0.2) is 57.5 Å². The maximum atomic E-state index is 12.0. The van der Waals surface area contributed by atoms with Gasteiger partial charge in [0.2, 0.25) is 0 Å². The standard InChI is InChI=1S/C19H16BrNO5/c1-23-16-8-5-13(9-18(16)24-2)17-10-15(21-26-17)11-25-19(22)12-3-6-14(20)7-4-12/h3-10H,11H2,1-2H3. The summed E-state index contributed by atoms with van der Waals surface area (Å²) in [6.45, 7) is 0.0195. The average molecular weight is 418 g/mol. The van der Waals surface area contributed by atoms with Gasteiger partial charge in [0, 0.05) is 16.1 Å². The lowest BCUT2D eigenvalue weighted by atomic mass is 10.1. The maximum Gasteiger partial charge on any atom is 0.338 e. The topological polar surface area (TPSA) is 70.8 Å². The van der Waals surface area contributed by atoms with Crippen molar-refractivity contribution in [3.05, 3.63) is 64.3 Å². The number of benzene rings is 2. The van der Waals surface area contributed by atoms with Crippen LogP contribution in [0, 0.1) is 0 Å². The van der Waals surface area contributed by atoms with Gasteiger partial charge in [-0.15, -0.1) is 0 Å². The number of carbonyl (C=O) groups is 1. The normalized spacial score (nSPS) is 10.4. The van der Waals surface area contributed by atoms with Gasteiger partial charge in [-0.05, 0) is 42.5 Å². The molecule has 0 bridgehead atoms. The van der Waals surface area contributed by atoms with Gasteiger partial charge >= 0.3 is 5.97 Å². The van der Waals surface area contributed by atoms with Crippen molar-refractivity contribution in [3.8, 4) is 22.8 Å². The molecule has 1 heterocycles. The number of rotatable bonds is 6. The third kappa shape index (κ3) is 4.05. The van der Waals surface area contributed by atoms with Gasteiger partial charge in [-0.3, -0.25) is 0 Å². The number of esters is 1. The molecule has 6 nitrogen and oxygen atoms in total. The van der Waals surface area contributed by atoms with E-state index in [-0.39, 0.29) is 6.61 Å². The third-order valence-corrected chi connectivity index (χ3v) is 4.19. The Bertz CT molecular complexity index is 905. The number of carbonyl (C=O) groups excluding carboxylic acids is 1. The summed E-state index contributed by atoms with van der Waals surface area (Å²) in [5.41, 5.74) is 1.76. The second kappa shape index (κ2) is 8.05. The first-order chi connectivity index (χ1) is 12.6. The maximum absolute atomic E-state index is 12.0. The van der Waals surface area contributed by atoms with Gasteiger partial charge in [-0.1, -0.05) is 21.1 Å². The molecule has 3 rings (SSSR count). The van der Waals surface area contributed by atoms with Crippen molar-refractivity contribution in [3.63, 3.8) is 0 Å². The summed E-state index contributed by atoms with van der Waals surface area (Å²) in [7, 11) is 3.14. The lowest BCUT2D eigenvalue weighted by Crippen LogP contribution is -2.05. The molecule has 0 N–H and O–H groups in total. The second-order valence-corrected chi connectivity index (χ2v) is 6.25. The zero-order chi connectivity index (χ0) is 18.5. The number of hydrogen-bond donors (Lipinski definition) is 0. The number of ether oxygens (including phenoxy) is 3. The summed E-state index contributed by atoms with van der Waals surface area (Å²) in [5.74, 6) is 1.33. The van der Waals surface area contributed by atoms with Gasteiger partial charge in [-0.2, -0.15) is 0 Å². The Morgan fingerprint density at radius 3 is 2.46 bits per heavy atom. The molecule has 0 aliphatic carbocycles. The minimum absolute atomic E-state index is 0.0195. The molecule has 3 aromatic rings. The smallest absolute Gasteiger partial charge is 0.338 e. The molecule has 0 aliphatic rings. The van der Waals surface area contributed by atoms with Crippen molar-refractivity contribution in [1.29, 1.82) is 0 Å². The highest BCUT2D eigenvalue weighted by Gasteiger charge is 2.13. The van der Waals surface area contributed by atoms with Crippen molar-refractivity contribution in [2.45, 2.75) is 6.61 Å². The van der Waals surface area contributed by atoms with Crippen LogP contribution in [0.3, 0.4) is 0 Å². The van der Waals surface area contributed by atoms with Crippen molar-refractivity contribution in [1.82, 2.24) is 5.16 Å². The molecular formula is C19H16BrNO5. The van der Waals surface area contributed by atoms with Gasteiger partial charge in [-0.25, -0.2) is 4.79 Å². The van der Waals surface area contributed by atoms with E-state index in [0.29, 0.717) is 28.5 Å². The van der Waals surface area contributed by atoms with E-state index in [1.54, 1.807) is 56.7 Å². The molecule has 2 aromatic carbocycles. The summed E-state index contributed by atoms with van der Waals surface area (Å²) in [6.07, 6.45) is 0. The summed E-state index contributed by atoms with van der Waals surface area (Å²) >= 11 is 3.32. The van der Waals surface area contributed by atoms with Crippen LogP contribution < -0.4 is 9.47 Å². The molecule has 1 aromatic heterocycles. The largest absolute Gasteiger partial charge is 0.493 e. The van der Waals surface area contributed by atoms with Crippen LogP contribution in [0.5, 0.6) is 11.5 Å². The fourth-order valence-corrected chi connectivity index (χ4v) is 2.58. The molecule has 7 heteroatoms. The van der Waals surface area contributed by atoms with Crippen LogP contribution in [0.25, 0.3) is 11.3 Å². The zero-order valence-electron chi connectivity index (χ0n) is 14.2. The van der Waals surface area contributed by atoms with Crippen LogP contribution in [0.1, 0.15) is 16.1 Å². The van der Waals surface area contributed by atoms with Crippen LogP contribution in [0.2, 0.25) is 0 Å². The summed E-state index contributed by atoms with van der Waals surface area (Å²) < 4.78 is 22.0. The molecule has 0 saturated heterocycles. The molecule has 0 fully saturated rings. The Balaban J connectivity index is 1.68. The fraction of sp³-hybridized carbons (Fsp3) is 0.158. The fourth-order valence-electron chi connectivity index (χ4n) is 2.31. The average Bonchev–Trinajstić information content (AvgIpc) is 3.15.